The van der Waals surface area contributed by atoms with E-state index in [1.807, 2.05) is 13.0 Å². The molecule has 7 heteroatoms. The Hall–Kier alpha value is -0.140. The zero-order chi connectivity index (χ0) is 13.3. The van der Waals surface area contributed by atoms with Crippen molar-refractivity contribution in [3.8, 4) is 0 Å². The average Bonchev–Trinajstić information content (AvgIpc) is 2.29. The Labute approximate surface area is 128 Å². The molecule has 0 spiro atoms. The first-order chi connectivity index (χ1) is 8.41. The van der Waals surface area contributed by atoms with Crippen molar-refractivity contribution in [2.24, 2.45) is 5.73 Å². The minimum atomic E-state index is -3.38. The van der Waals surface area contributed by atoms with Gasteiger partial charge in [0, 0.05) is 23.6 Å². The molecule has 0 unspecified atom stereocenters. The molecule has 19 heavy (non-hydrogen) atoms. The van der Waals surface area contributed by atoms with Crippen molar-refractivity contribution in [1.82, 2.24) is 4.31 Å². The summed E-state index contributed by atoms with van der Waals surface area (Å²) in [4.78, 5) is 0.390. The Morgan fingerprint density at radius 1 is 1.32 bits per heavy atom. The van der Waals surface area contributed by atoms with Crippen molar-refractivity contribution >= 4 is 38.4 Å². The van der Waals surface area contributed by atoms with Crippen LogP contribution in [0.4, 0.5) is 0 Å². The number of benzene rings is 1. The highest BCUT2D eigenvalue weighted by Crippen LogP contribution is 2.25. The minimum absolute atomic E-state index is 0. The van der Waals surface area contributed by atoms with Crippen molar-refractivity contribution in [2.75, 3.05) is 13.1 Å². The van der Waals surface area contributed by atoms with Crippen molar-refractivity contribution < 1.29 is 8.42 Å². The van der Waals surface area contributed by atoms with Gasteiger partial charge in [-0.2, -0.15) is 4.31 Å². The molecule has 2 N–H and O–H groups in total. The van der Waals surface area contributed by atoms with Gasteiger partial charge in [-0.3, -0.25) is 0 Å². The van der Waals surface area contributed by atoms with E-state index in [-0.39, 0.29) is 18.4 Å². The van der Waals surface area contributed by atoms with E-state index in [0.29, 0.717) is 18.0 Å². The van der Waals surface area contributed by atoms with Gasteiger partial charge in [0.15, 0.2) is 0 Å². The largest absolute Gasteiger partial charge is 0.328 e. The first-order valence-corrected chi connectivity index (χ1v) is 8.16. The Balaban J connectivity index is 0.00000180. The number of piperidine rings is 1. The molecule has 1 heterocycles. The van der Waals surface area contributed by atoms with Gasteiger partial charge >= 0.3 is 0 Å². The van der Waals surface area contributed by atoms with Crippen molar-refractivity contribution in [3.05, 3.63) is 28.2 Å². The third kappa shape index (κ3) is 3.70. The molecule has 0 aliphatic carbocycles. The number of hydrogen-bond acceptors (Lipinski definition) is 3. The normalized spacial score (nSPS) is 18.1. The Morgan fingerprint density at radius 3 is 2.42 bits per heavy atom. The molecule has 0 bridgehead atoms. The second-order valence-electron chi connectivity index (χ2n) is 4.65. The van der Waals surface area contributed by atoms with Gasteiger partial charge in [0.2, 0.25) is 10.0 Å². The van der Waals surface area contributed by atoms with Crippen molar-refractivity contribution in [2.45, 2.75) is 30.7 Å². The lowest BCUT2D eigenvalue weighted by atomic mass is 10.1. The summed E-state index contributed by atoms with van der Waals surface area (Å²) >= 11 is 3.34. The highest BCUT2D eigenvalue weighted by molar-refractivity contribution is 9.10. The zero-order valence-corrected chi connectivity index (χ0v) is 13.9. The Kier molecular flexibility index (Phi) is 5.82. The van der Waals surface area contributed by atoms with Gasteiger partial charge < -0.3 is 5.73 Å². The van der Waals surface area contributed by atoms with E-state index in [2.05, 4.69) is 15.9 Å². The minimum Gasteiger partial charge on any atom is -0.328 e. The predicted molar refractivity (Wildman–Crippen MR) is 82.1 cm³/mol. The lowest BCUT2D eigenvalue weighted by molar-refractivity contribution is 0.320. The first kappa shape index (κ1) is 16.9. The van der Waals surface area contributed by atoms with E-state index in [9.17, 15) is 8.42 Å². The summed E-state index contributed by atoms with van der Waals surface area (Å²) in [6.45, 7) is 2.84. The van der Waals surface area contributed by atoms with Crippen LogP contribution in [0.1, 0.15) is 18.4 Å². The molecule has 0 atom stereocenters. The lowest BCUT2D eigenvalue weighted by Gasteiger charge is -2.29. The molecule has 0 saturated carbocycles. The molecule has 1 aromatic rings. The number of aryl methyl sites for hydroxylation is 1. The van der Waals surface area contributed by atoms with Crippen molar-refractivity contribution in [3.63, 3.8) is 0 Å². The van der Waals surface area contributed by atoms with E-state index >= 15 is 0 Å². The van der Waals surface area contributed by atoms with Crippen molar-refractivity contribution in [1.29, 1.82) is 0 Å². The van der Waals surface area contributed by atoms with Gasteiger partial charge in [0.1, 0.15) is 0 Å². The number of nitrogens with zero attached hydrogens (tertiary/aromatic N) is 1. The van der Waals surface area contributed by atoms with E-state index in [1.54, 1.807) is 12.1 Å². The Bertz CT molecular complexity index is 543. The molecular weight excluding hydrogens is 352 g/mol. The lowest BCUT2D eigenvalue weighted by Crippen LogP contribution is -2.42. The molecule has 1 aliphatic heterocycles. The van der Waals surface area contributed by atoms with Gasteiger partial charge in [0.05, 0.1) is 4.90 Å². The van der Waals surface area contributed by atoms with Crippen LogP contribution >= 0.6 is 28.3 Å². The maximum absolute atomic E-state index is 12.5. The summed E-state index contributed by atoms with van der Waals surface area (Å²) in [6.07, 6.45) is 1.46. The highest BCUT2D eigenvalue weighted by Gasteiger charge is 2.29. The third-order valence-corrected chi connectivity index (χ3v) is 5.81. The number of sulfonamides is 1. The molecule has 4 nitrogen and oxygen atoms in total. The van der Waals surface area contributed by atoms with Crippen LogP contribution in [0.15, 0.2) is 27.6 Å². The molecule has 0 radical (unpaired) electrons. The summed E-state index contributed by atoms with van der Waals surface area (Å²) in [6, 6.07) is 5.36. The summed E-state index contributed by atoms with van der Waals surface area (Å²) in [7, 11) is -3.38. The molecule has 1 aromatic carbocycles. The van der Waals surface area contributed by atoms with Gasteiger partial charge in [-0.25, -0.2) is 8.42 Å². The van der Waals surface area contributed by atoms with E-state index < -0.39 is 10.0 Å². The van der Waals surface area contributed by atoms with Crippen LogP contribution in [-0.4, -0.2) is 31.9 Å². The maximum Gasteiger partial charge on any atom is 0.243 e. The smallest absolute Gasteiger partial charge is 0.243 e. The monoisotopic (exact) mass is 368 g/mol. The van der Waals surface area contributed by atoms with Crippen LogP contribution < -0.4 is 5.73 Å². The molecule has 1 fully saturated rings. The number of rotatable bonds is 2. The second kappa shape index (κ2) is 6.54. The quantitative estimate of drug-likeness (QED) is 0.870. The summed E-state index contributed by atoms with van der Waals surface area (Å²) in [5.41, 5.74) is 6.56. The molecule has 0 aromatic heterocycles. The number of hydrogen-bond donors (Lipinski definition) is 1. The van der Waals surface area contributed by atoms with E-state index in [0.717, 1.165) is 22.9 Å². The van der Waals surface area contributed by atoms with Crippen LogP contribution in [0.25, 0.3) is 0 Å². The first-order valence-electron chi connectivity index (χ1n) is 5.93. The molecule has 1 aliphatic rings. The average molecular weight is 370 g/mol. The zero-order valence-electron chi connectivity index (χ0n) is 10.7. The highest BCUT2D eigenvalue weighted by atomic mass is 79.9. The van der Waals surface area contributed by atoms with Gasteiger partial charge in [-0.1, -0.05) is 15.9 Å². The van der Waals surface area contributed by atoms with E-state index in [1.165, 1.54) is 4.31 Å². The molecule has 0 amide bonds. The summed E-state index contributed by atoms with van der Waals surface area (Å²) < 4.78 is 27.4. The third-order valence-electron chi connectivity index (χ3n) is 3.25. The summed E-state index contributed by atoms with van der Waals surface area (Å²) in [5, 5.41) is 0. The van der Waals surface area contributed by atoms with Crippen LogP contribution in [0.2, 0.25) is 0 Å². The molecule has 2 rings (SSSR count). The SMILES string of the molecule is Cc1cc(Br)ccc1S(=O)(=O)N1CCC(N)CC1.Cl. The summed E-state index contributed by atoms with van der Waals surface area (Å²) in [5.74, 6) is 0. The van der Waals surface area contributed by atoms with Crippen LogP contribution in [0, 0.1) is 6.92 Å². The Morgan fingerprint density at radius 2 is 1.89 bits per heavy atom. The van der Waals surface area contributed by atoms with Crippen LogP contribution in [-0.2, 0) is 10.0 Å². The maximum atomic E-state index is 12.5. The van der Waals surface area contributed by atoms with Gasteiger partial charge in [0.25, 0.3) is 0 Å². The van der Waals surface area contributed by atoms with Crippen LogP contribution in [0.5, 0.6) is 0 Å². The van der Waals surface area contributed by atoms with Crippen LogP contribution in [0.3, 0.4) is 0 Å². The standard InChI is InChI=1S/C12H17BrN2O2S.ClH/c1-9-8-10(13)2-3-12(9)18(16,17)15-6-4-11(14)5-7-15;/h2-3,8,11H,4-7,14H2,1H3;1H. The topological polar surface area (TPSA) is 63.4 Å². The fourth-order valence-corrected chi connectivity index (χ4v) is 4.31. The fourth-order valence-electron chi connectivity index (χ4n) is 2.16. The fraction of sp³-hybridized carbons (Fsp3) is 0.500. The molecular formula is C12H18BrClN2O2S. The molecule has 108 valence electrons. The second-order valence-corrected chi connectivity index (χ2v) is 7.47. The van der Waals surface area contributed by atoms with Gasteiger partial charge in [-0.15, -0.1) is 12.4 Å². The molecule has 1 saturated heterocycles. The van der Waals surface area contributed by atoms with Gasteiger partial charge in [-0.05, 0) is 43.5 Å². The van der Waals surface area contributed by atoms with E-state index in [4.69, 9.17) is 5.73 Å². The predicted octanol–water partition coefficient (Wildman–Crippen LogP) is 2.29. The number of halogens is 2. The number of nitrogens with two attached hydrogens (primary N) is 1.